The van der Waals surface area contributed by atoms with Gasteiger partial charge in [0.1, 0.15) is 5.56 Å². The number of hydrogen-bond donors (Lipinski definition) is 1. The number of benzene rings is 1. The van der Waals surface area contributed by atoms with E-state index in [1.165, 1.54) is 0 Å². The van der Waals surface area contributed by atoms with Crippen LogP contribution in [-0.2, 0) is 0 Å². The van der Waals surface area contributed by atoms with Crippen LogP contribution in [0.1, 0.15) is 11.8 Å². The van der Waals surface area contributed by atoms with Gasteiger partial charge in [-0.1, -0.05) is 0 Å². The Balaban J connectivity index is 0. The summed E-state index contributed by atoms with van der Waals surface area (Å²) in [6, 6.07) is -0.0584. The predicted octanol–water partition coefficient (Wildman–Crippen LogP) is -0.942. The van der Waals surface area contributed by atoms with Gasteiger partial charge in [0.2, 0.25) is 0 Å². The molecule has 0 aliphatic carbocycles. The molecule has 2 nitrogen and oxygen atoms in total. The number of rotatable bonds is 1. The van der Waals surface area contributed by atoms with E-state index >= 15 is 0 Å². The smallest absolute Gasteiger partial charge is 1.00 e. The molecule has 0 saturated carbocycles. The SMILES string of the molecule is O=C(O)c1c(F)c(F)cc(F)c1F.[H-].[K+]. The molecule has 0 atom stereocenters. The first-order chi connectivity index (χ1) is 5.95. The third-order valence-corrected chi connectivity index (χ3v) is 1.33. The minimum Gasteiger partial charge on any atom is -1.00 e. The minimum absolute atomic E-state index is 0. The molecule has 0 bridgehead atoms. The van der Waals surface area contributed by atoms with E-state index in [9.17, 15) is 22.4 Å². The van der Waals surface area contributed by atoms with Crippen molar-refractivity contribution in [3.8, 4) is 0 Å². The Hall–Kier alpha value is 0.0464. The Morgan fingerprint density at radius 2 is 1.50 bits per heavy atom. The van der Waals surface area contributed by atoms with E-state index < -0.39 is 34.8 Å². The predicted molar refractivity (Wildman–Crippen MR) is 34.3 cm³/mol. The second-order valence-corrected chi connectivity index (χ2v) is 2.15. The molecule has 0 fully saturated rings. The van der Waals surface area contributed by atoms with E-state index in [-0.39, 0.29) is 58.9 Å². The van der Waals surface area contributed by atoms with E-state index in [1.54, 1.807) is 0 Å². The zero-order valence-electron chi connectivity index (χ0n) is 7.94. The van der Waals surface area contributed by atoms with Crippen molar-refractivity contribution in [2.45, 2.75) is 0 Å². The van der Waals surface area contributed by atoms with Crippen LogP contribution in [0.25, 0.3) is 0 Å². The fourth-order valence-corrected chi connectivity index (χ4v) is 0.761. The van der Waals surface area contributed by atoms with Gasteiger partial charge in [0, 0.05) is 6.07 Å². The Bertz CT molecular complexity index is 359. The van der Waals surface area contributed by atoms with Crippen molar-refractivity contribution in [2.24, 2.45) is 0 Å². The van der Waals surface area contributed by atoms with Crippen LogP contribution in [0, 0.1) is 23.3 Å². The maximum Gasteiger partial charge on any atom is 1.00 e. The zero-order chi connectivity index (χ0) is 10.2. The summed E-state index contributed by atoms with van der Waals surface area (Å²) < 4.78 is 49.7. The summed E-state index contributed by atoms with van der Waals surface area (Å²) in [4.78, 5) is 10.1. The summed E-state index contributed by atoms with van der Waals surface area (Å²) >= 11 is 0. The van der Waals surface area contributed by atoms with Crippen molar-refractivity contribution in [3.63, 3.8) is 0 Å². The molecule has 14 heavy (non-hydrogen) atoms. The molecule has 1 aromatic rings. The standard InChI is InChI=1S/C7H2F4O2.K.H/c8-2-1-3(9)6(11)4(5(2)10)7(12)13;;/h1H,(H,12,13);;/q;+1;-1. The average Bonchev–Trinajstić information content (AvgIpc) is 2.01. The summed E-state index contributed by atoms with van der Waals surface area (Å²) in [5.74, 6) is -9.36. The van der Waals surface area contributed by atoms with Crippen LogP contribution in [0.3, 0.4) is 0 Å². The number of carboxylic acid groups (broad SMARTS) is 1. The van der Waals surface area contributed by atoms with Crippen LogP contribution in [0.15, 0.2) is 6.07 Å². The summed E-state index contributed by atoms with van der Waals surface area (Å²) in [6.07, 6.45) is 0. The molecule has 1 N–H and O–H groups in total. The van der Waals surface area contributed by atoms with E-state index in [1.807, 2.05) is 0 Å². The number of halogens is 4. The molecular weight excluding hydrogens is 231 g/mol. The summed E-state index contributed by atoms with van der Waals surface area (Å²) in [5.41, 5.74) is -1.63. The van der Waals surface area contributed by atoms with Crippen LogP contribution in [-0.4, -0.2) is 11.1 Å². The Morgan fingerprint density at radius 1 is 1.14 bits per heavy atom. The first-order valence-corrected chi connectivity index (χ1v) is 3.01. The second-order valence-electron chi connectivity index (χ2n) is 2.15. The van der Waals surface area contributed by atoms with E-state index in [2.05, 4.69) is 0 Å². The van der Waals surface area contributed by atoms with Gasteiger partial charge < -0.3 is 6.53 Å². The first kappa shape index (κ1) is 14.0. The second kappa shape index (κ2) is 5.22. The van der Waals surface area contributed by atoms with Crippen molar-refractivity contribution < 1.29 is 80.3 Å². The molecule has 72 valence electrons. The van der Waals surface area contributed by atoms with Crippen LogP contribution in [0.2, 0.25) is 0 Å². The normalized spacial score (nSPS) is 9.43. The Morgan fingerprint density at radius 3 is 1.79 bits per heavy atom. The van der Waals surface area contributed by atoms with Gasteiger partial charge >= 0.3 is 57.4 Å². The number of aromatic carboxylic acids is 1. The third kappa shape index (κ3) is 2.54. The third-order valence-electron chi connectivity index (χ3n) is 1.33. The van der Waals surface area contributed by atoms with Gasteiger partial charge in [-0.05, 0) is 0 Å². The quantitative estimate of drug-likeness (QED) is 0.387. The fraction of sp³-hybridized carbons (Fsp3) is 0. The van der Waals surface area contributed by atoms with Gasteiger partial charge in [-0.15, -0.1) is 0 Å². The van der Waals surface area contributed by atoms with Crippen molar-refractivity contribution in [1.82, 2.24) is 0 Å². The van der Waals surface area contributed by atoms with Gasteiger partial charge in [-0.25, -0.2) is 22.4 Å². The molecule has 0 heterocycles. The maximum atomic E-state index is 12.5. The first-order valence-electron chi connectivity index (χ1n) is 3.01. The molecule has 7 heteroatoms. The molecule has 0 aliphatic rings. The van der Waals surface area contributed by atoms with Crippen LogP contribution in [0.5, 0.6) is 0 Å². The van der Waals surface area contributed by atoms with E-state index in [4.69, 9.17) is 5.11 Å². The summed E-state index contributed by atoms with van der Waals surface area (Å²) in [7, 11) is 0. The molecule has 1 rings (SSSR count). The van der Waals surface area contributed by atoms with Gasteiger partial charge in [0.15, 0.2) is 23.3 Å². The molecule has 1 aromatic carbocycles. The molecule has 0 aromatic heterocycles. The van der Waals surface area contributed by atoms with Crippen molar-refractivity contribution in [1.29, 1.82) is 0 Å². The summed E-state index contributed by atoms with van der Waals surface area (Å²) in [5, 5.41) is 8.18. The molecule has 0 saturated heterocycles. The van der Waals surface area contributed by atoms with Crippen molar-refractivity contribution in [3.05, 3.63) is 34.9 Å². The minimum atomic E-state index is -2.06. The van der Waals surface area contributed by atoms with Crippen molar-refractivity contribution >= 4 is 5.97 Å². The Labute approximate surface area is 120 Å². The molecule has 0 spiro atoms. The molecule has 0 unspecified atom stereocenters. The topological polar surface area (TPSA) is 37.3 Å². The van der Waals surface area contributed by atoms with E-state index in [0.29, 0.717) is 0 Å². The largest absolute Gasteiger partial charge is 1.00 e. The van der Waals surface area contributed by atoms with Crippen LogP contribution >= 0.6 is 0 Å². The van der Waals surface area contributed by atoms with E-state index in [0.717, 1.165) is 0 Å². The summed E-state index contributed by atoms with van der Waals surface area (Å²) in [6.45, 7) is 0. The van der Waals surface area contributed by atoms with Gasteiger partial charge in [0.05, 0.1) is 0 Å². The average molecular weight is 234 g/mol. The number of carbonyl (C=O) groups is 1. The zero-order valence-corrected chi connectivity index (χ0v) is 10.1. The molecular formula is C7H3F4KO2. The number of carboxylic acids is 1. The maximum absolute atomic E-state index is 12.5. The van der Waals surface area contributed by atoms with Crippen LogP contribution in [0.4, 0.5) is 17.6 Å². The van der Waals surface area contributed by atoms with Crippen LogP contribution < -0.4 is 51.4 Å². The van der Waals surface area contributed by atoms with Gasteiger partial charge in [0.25, 0.3) is 0 Å². The van der Waals surface area contributed by atoms with Gasteiger partial charge in [-0.2, -0.15) is 0 Å². The molecule has 0 aliphatic heterocycles. The van der Waals surface area contributed by atoms with Crippen molar-refractivity contribution in [2.75, 3.05) is 0 Å². The van der Waals surface area contributed by atoms with Gasteiger partial charge in [-0.3, -0.25) is 0 Å². The monoisotopic (exact) mass is 234 g/mol. The Kier molecular flexibility index (Phi) is 5.24. The fourth-order valence-electron chi connectivity index (χ4n) is 0.761. The molecule has 0 radical (unpaired) electrons. The number of hydrogen-bond acceptors (Lipinski definition) is 1. The molecule has 0 amide bonds.